The lowest BCUT2D eigenvalue weighted by molar-refractivity contribution is -0.138. The Morgan fingerprint density at radius 1 is 0.941 bits per heavy atom. The van der Waals surface area contributed by atoms with Crippen molar-refractivity contribution in [3.8, 4) is 0 Å². The molecule has 1 saturated heterocycles. The van der Waals surface area contributed by atoms with Gasteiger partial charge in [0.1, 0.15) is 0 Å². The zero-order chi connectivity index (χ0) is 13.5. The van der Waals surface area contributed by atoms with E-state index < -0.39 is 11.9 Å². The Hall–Kier alpha value is -1.10. The SMILES string of the molecule is C1CCOC1.CCCC(=O)O.CCCC(=O)O. The highest BCUT2D eigenvalue weighted by Gasteiger charge is 1.94. The minimum atomic E-state index is -0.711. The molecule has 0 bridgehead atoms. The number of carboxylic acids is 2. The van der Waals surface area contributed by atoms with E-state index in [1.54, 1.807) is 0 Å². The van der Waals surface area contributed by atoms with E-state index in [0.29, 0.717) is 12.8 Å². The maximum Gasteiger partial charge on any atom is 0.303 e. The predicted molar refractivity (Wildman–Crippen MR) is 65.1 cm³/mol. The maximum atomic E-state index is 9.60. The lowest BCUT2D eigenvalue weighted by Crippen LogP contribution is -1.90. The van der Waals surface area contributed by atoms with Gasteiger partial charge in [0, 0.05) is 26.1 Å². The van der Waals surface area contributed by atoms with E-state index in [4.69, 9.17) is 14.9 Å². The molecule has 2 N–H and O–H groups in total. The van der Waals surface area contributed by atoms with E-state index in [1.807, 2.05) is 13.8 Å². The average Bonchev–Trinajstić information content (AvgIpc) is 2.75. The molecule has 17 heavy (non-hydrogen) atoms. The van der Waals surface area contributed by atoms with Crippen LogP contribution in [0.3, 0.4) is 0 Å². The van der Waals surface area contributed by atoms with Crippen LogP contribution in [0.15, 0.2) is 0 Å². The van der Waals surface area contributed by atoms with Gasteiger partial charge < -0.3 is 14.9 Å². The van der Waals surface area contributed by atoms with Crippen LogP contribution in [0, 0.1) is 0 Å². The molecule has 102 valence electrons. The normalized spacial score (nSPS) is 12.8. The van der Waals surface area contributed by atoms with Crippen molar-refractivity contribution in [2.24, 2.45) is 0 Å². The fourth-order valence-electron chi connectivity index (χ4n) is 0.938. The van der Waals surface area contributed by atoms with Gasteiger partial charge in [-0.1, -0.05) is 13.8 Å². The first-order valence-electron chi connectivity index (χ1n) is 6.05. The van der Waals surface area contributed by atoms with Crippen LogP contribution in [0.25, 0.3) is 0 Å². The molecule has 0 aromatic rings. The maximum absolute atomic E-state index is 9.60. The molecule has 1 fully saturated rings. The second kappa shape index (κ2) is 14.9. The predicted octanol–water partition coefficient (Wildman–Crippen LogP) is 2.54. The summed E-state index contributed by atoms with van der Waals surface area (Å²) in [5.74, 6) is -1.42. The minimum absolute atomic E-state index is 0.292. The van der Waals surface area contributed by atoms with Gasteiger partial charge in [-0.05, 0) is 25.7 Å². The molecule has 1 rings (SSSR count). The highest BCUT2D eigenvalue weighted by molar-refractivity contribution is 5.66. The van der Waals surface area contributed by atoms with Gasteiger partial charge in [0.25, 0.3) is 0 Å². The molecule has 1 aliphatic heterocycles. The lowest BCUT2D eigenvalue weighted by Gasteiger charge is -1.79. The van der Waals surface area contributed by atoms with Crippen LogP contribution in [-0.2, 0) is 14.3 Å². The van der Waals surface area contributed by atoms with Crippen molar-refractivity contribution in [3.63, 3.8) is 0 Å². The van der Waals surface area contributed by atoms with Crippen LogP contribution >= 0.6 is 0 Å². The number of carbonyl (C=O) groups is 2. The van der Waals surface area contributed by atoms with Crippen molar-refractivity contribution >= 4 is 11.9 Å². The Morgan fingerprint density at radius 3 is 1.35 bits per heavy atom. The third-order valence-electron chi connectivity index (χ3n) is 1.76. The zero-order valence-corrected chi connectivity index (χ0v) is 10.8. The van der Waals surface area contributed by atoms with Crippen LogP contribution in [0.1, 0.15) is 52.4 Å². The molecule has 0 aliphatic carbocycles. The van der Waals surface area contributed by atoms with Crippen molar-refractivity contribution in [1.82, 2.24) is 0 Å². The van der Waals surface area contributed by atoms with Gasteiger partial charge in [-0.3, -0.25) is 9.59 Å². The minimum Gasteiger partial charge on any atom is -0.481 e. The third kappa shape index (κ3) is 25.3. The molecular weight excluding hydrogens is 224 g/mol. The Kier molecular flexibility index (Phi) is 16.0. The van der Waals surface area contributed by atoms with Crippen molar-refractivity contribution < 1.29 is 24.5 Å². The van der Waals surface area contributed by atoms with E-state index in [2.05, 4.69) is 0 Å². The summed E-state index contributed by atoms with van der Waals surface area (Å²) in [6.45, 7) is 5.68. The number of carboxylic acid groups (broad SMARTS) is 2. The van der Waals surface area contributed by atoms with Gasteiger partial charge >= 0.3 is 11.9 Å². The molecule has 0 saturated carbocycles. The van der Waals surface area contributed by atoms with E-state index in [9.17, 15) is 9.59 Å². The van der Waals surface area contributed by atoms with Gasteiger partial charge in [0.2, 0.25) is 0 Å². The first-order valence-corrected chi connectivity index (χ1v) is 6.05. The van der Waals surface area contributed by atoms with E-state index in [-0.39, 0.29) is 0 Å². The topological polar surface area (TPSA) is 83.8 Å². The van der Waals surface area contributed by atoms with Crippen LogP contribution in [0.2, 0.25) is 0 Å². The molecule has 5 nitrogen and oxygen atoms in total. The molecule has 1 aliphatic rings. The molecule has 5 heteroatoms. The Labute approximate surface area is 103 Å². The number of hydrogen-bond acceptors (Lipinski definition) is 3. The number of aliphatic carboxylic acids is 2. The second-order valence-corrected chi connectivity index (χ2v) is 3.61. The average molecular weight is 248 g/mol. The smallest absolute Gasteiger partial charge is 0.303 e. The molecule has 0 unspecified atom stereocenters. The van der Waals surface area contributed by atoms with Crippen LogP contribution in [-0.4, -0.2) is 35.4 Å². The van der Waals surface area contributed by atoms with Gasteiger partial charge in [-0.2, -0.15) is 0 Å². The first kappa shape index (κ1) is 18.3. The van der Waals surface area contributed by atoms with Crippen LogP contribution in [0.5, 0.6) is 0 Å². The largest absolute Gasteiger partial charge is 0.481 e. The van der Waals surface area contributed by atoms with E-state index in [0.717, 1.165) is 26.1 Å². The summed E-state index contributed by atoms with van der Waals surface area (Å²) < 4.78 is 4.94. The van der Waals surface area contributed by atoms with Crippen LogP contribution < -0.4 is 0 Å². The molecule has 0 aromatic heterocycles. The summed E-state index contributed by atoms with van der Waals surface area (Å²) in [4.78, 5) is 19.2. The quantitative estimate of drug-likeness (QED) is 0.798. The van der Waals surface area contributed by atoms with Crippen molar-refractivity contribution in [1.29, 1.82) is 0 Å². The summed E-state index contributed by atoms with van der Waals surface area (Å²) in [6.07, 6.45) is 4.60. The summed E-state index contributed by atoms with van der Waals surface area (Å²) in [5.41, 5.74) is 0. The molecule has 0 spiro atoms. The van der Waals surface area contributed by atoms with Crippen molar-refractivity contribution in [2.75, 3.05) is 13.2 Å². The van der Waals surface area contributed by atoms with Gasteiger partial charge in [-0.25, -0.2) is 0 Å². The molecular formula is C12H24O5. The molecule has 0 atom stereocenters. The fraction of sp³-hybridized carbons (Fsp3) is 0.833. The zero-order valence-electron chi connectivity index (χ0n) is 10.8. The van der Waals surface area contributed by atoms with Gasteiger partial charge in [0.15, 0.2) is 0 Å². The number of hydrogen-bond donors (Lipinski definition) is 2. The summed E-state index contributed by atoms with van der Waals surface area (Å²) in [7, 11) is 0. The Bertz CT molecular complexity index is 164. The van der Waals surface area contributed by atoms with Gasteiger partial charge in [0.05, 0.1) is 0 Å². The summed E-state index contributed by atoms with van der Waals surface area (Å²) >= 11 is 0. The molecule has 0 radical (unpaired) electrons. The second-order valence-electron chi connectivity index (χ2n) is 3.61. The monoisotopic (exact) mass is 248 g/mol. The Morgan fingerprint density at radius 2 is 1.29 bits per heavy atom. The molecule has 0 aromatic carbocycles. The summed E-state index contributed by atoms with van der Waals surface area (Å²) in [6, 6.07) is 0. The first-order chi connectivity index (χ1) is 8.04. The standard InChI is InChI=1S/2C4H8O2.C4H8O/c2*1-2-3-4(5)6;1-2-4-5-3-1/h2*2-3H2,1H3,(H,5,6);1-4H2. The van der Waals surface area contributed by atoms with Crippen molar-refractivity contribution in [2.45, 2.75) is 52.4 Å². The van der Waals surface area contributed by atoms with Crippen LogP contribution in [0.4, 0.5) is 0 Å². The van der Waals surface area contributed by atoms with E-state index >= 15 is 0 Å². The highest BCUT2D eigenvalue weighted by Crippen LogP contribution is 1.98. The molecule has 1 heterocycles. The summed E-state index contributed by atoms with van der Waals surface area (Å²) in [5, 5.41) is 15.8. The third-order valence-corrected chi connectivity index (χ3v) is 1.76. The molecule has 0 amide bonds. The Balaban J connectivity index is 0. The van der Waals surface area contributed by atoms with Gasteiger partial charge in [-0.15, -0.1) is 0 Å². The van der Waals surface area contributed by atoms with Crippen molar-refractivity contribution in [3.05, 3.63) is 0 Å². The number of ether oxygens (including phenoxy) is 1. The van der Waals surface area contributed by atoms with E-state index in [1.165, 1.54) is 12.8 Å². The number of rotatable bonds is 4. The fourth-order valence-corrected chi connectivity index (χ4v) is 0.938. The lowest BCUT2D eigenvalue weighted by atomic mass is 10.4. The highest BCUT2D eigenvalue weighted by atomic mass is 16.5.